The minimum Gasteiger partial charge on any atom is -0.490 e. The van der Waals surface area contributed by atoms with Crippen LogP contribution in [0.2, 0.25) is 0 Å². The summed E-state index contributed by atoms with van der Waals surface area (Å²) in [5, 5.41) is 2.90. The van der Waals surface area contributed by atoms with E-state index in [-0.39, 0.29) is 12.6 Å². The maximum absolute atomic E-state index is 12.6. The molecule has 3 rings (SSSR count). The van der Waals surface area contributed by atoms with Crippen molar-refractivity contribution in [2.24, 2.45) is 5.92 Å². The lowest BCUT2D eigenvalue weighted by atomic mass is 9.79. The van der Waals surface area contributed by atoms with Gasteiger partial charge in [0.1, 0.15) is 5.92 Å². The lowest BCUT2D eigenvalue weighted by Gasteiger charge is -2.54. The van der Waals surface area contributed by atoms with E-state index >= 15 is 0 Å². The van der Waals surface area contributed by atoms with Gasteiger partial charge in [-0.25, -0.2) is 4.79 Å². The molecule has 1 N–H and O–H groups in total. The highest BCUT2D eigenvalue weighted by atomic mass is 16.6. The third-order valence-electron chi connectivity index (χ3n) is 4.69. The number of hydrogen-bond acceptors (Lipinski definition) is 5. The first-order valence-corrected chi connectivity index (χ1v) is 8.19. The van der Waals surface area contributed by atoms with Gasteiger partial charge in [-0.2, -0.15) is 0 Å². The zero-order chi connectivity index (χ0) is 18.2. The van der Waals surface area contributed by atoms with E-state index in [9.17, 15) is 9.59 Å². The Balaban J connectivity index is 2.18. The lowest BCUT2D eigenvalue weighted by Crippen LogP contribution is -2.71. The third kappa shape index (κ3) is 2.50. The van der Waals surface area contributed by atoms with Gasteiger partial charge >= 0.3 is 12.0 Å². The molecular weight excluding hydrogens is 324 g/mol. The Morgan fingerprint density at radius 3 is 2.92 bits per heavy atom. The molecule has 1 aromatic rings. The lowest BCUT2D eigenvalue weighted by molar-refractivity contribution is -0.175. The van der Waals surface area contributed by atoms with E-state index in [1.807, 2.05) is 19.1 Å². The van der Waals surface area contributed by atoms with Gasteiger partial charge in [0.15, 0.2) is 17.2 Å². The molecule has 7 heteroatoms. The Morgan fingerprint density at radius 1 is 1.52 bits per heavy atom. The van der Waals surface area contributed by atoms with Gasteiger partial charge in [0, 0.05) is 12.1 Å². The third-order valence-corrected chi connectivity index (χ3v) is 4.69. The van der Waals surface area contributed by atoms with Gasteiger partial charge in [0.05, 0.1) is 19.8 Å². The first kappa shape index (κ1) is 17.1. The molecule has 0 spiro atoms. The van der Waals surface area contributed by atoms with E-state index in [4.69, 9.17) is 14.2 Å². The number of ether oxygens (including phenoxy) is 3. The molecule has 3 atom stereocenters. The molecule has 7 nitrogen and oxygen atoms in total. The molecule has 0 aliphatic carbocycles. The van der Waals surface area contributed by atoms with Crippen LogP contribution in [0, 0.1) is 5.92 Å². The number of carbonyl (C=O) groups excluding carboxylic acids is 2. The molecule has 0 saturated carbocycles. The number of methoxy groups -OCH3 is 1. The fraction of sp³-hybridized carbons (Fsp3) is 0.444. The second-order valence-corrected chi connectivity index (χ2v) is 6.09. The maximum Gasteiger partial charge on any atom is 0.321 e. The van der Waals surface area contributed by atoms with Gasteiger partial charge in [0.2, 0.25) is 0 Å². The summed E-state index contributed by atoms with van der Waals surface area (Å²) in [6.07, 6.45) is 1.59. The van der Waals surface area contributed by atoms with Crippen LogP contribution in [0.5, 0.6) is 11.5 Å². The molecular formula is C18H22N2O5. The normalized spacial score (nSPS) is 26.8. The van der Waals surface area contributed by atoms with E-state index < -0.39 is 23.7 Å². The fourth-order valence-corrected chi connectivity index (χ4v) is 3.59. The van der Waals surface area contributed by atoms with Crippen LogP contribution in [-0.2, 0) is 9.53 Å². The Morgan fingerprint density at radius 2 is 2.28 bits per heavy atom. The first-order chi connectivity index (χ1) is 12.0. The summed E-state index contributed by atoms with van der Waals surface area (Å²) < 4.78 is 16.9. The van der Waals surface area contributed by atoms with Gasteiger partial charge in [0.25, 0.3) is 0 Å². The molecule has 2 bridgehead atoms. The van der Waals surface area contributed by atoms with Crippen LogP contribution >= 0.6 is 0 Å². The molecule has 0 unspecified atom stereocenters. The summed E-state index contributed by atoms with van der Waals surface area (Å²) in [4.78, 5) is 26.6. The van der Waals surface area contributed by atoms with Crippen LogP contribution in [0.3, 0.4) is 0 Å². The van der Waals surface area contributed by atoms with E-state index in [2.05, 4.69) is 11.9 Å². The predicted molar refractivity (Wildman–Crippen MR) is 90.3 cm³/mol. The van der Waals surface area contributed by atoms with Gasteiger partial charge in [-0.05, 0) is 19.9 Å². The number of nitrogens with zero attached hydrogens (tertiary/aromatic N) is 1. The summed E-state index contributed by atoms with van der Waals surface area (Å²) >= 11 is 0. The van der Waals surface area contributed by atoms with Crippen molar-refractivity contribution in [2.45, 2.75) is 25.6 Å². The van der Waals surface area contributed by atoms with Crippen LogP contribution in [0.25, 0.3) is 0 Å². The number of benzene rings is 1. The predicted octanol–water partition coefficient (Wildman–Crippen LogP) is 2.24. The average Bonchev–Trinajstić information content (AvgIpc) is 2.59. The number of nitrogens with one attached hydrogen (secondary N) is 1. The molecule has 1 aromatic carbocycles. The molecule has 1 saturated heterocycles. The van der Waals surface area contributed by atoms with E-state index in [1.54, 1.807) is 19.1 Å². The minimum atomic E-state index is -1.21. The average molecular weight is 346 g/mol. The van der Waals surface area contributed by atoms with Gasteiger partial charge < -0.3 is 19.5 Å². The number of hydrogen-bond donors (Lipinski definition) is 1. The second kappa shape index (κ2) is 6.31. The number of fused-ring (bicyclic) bond motifs is 4. The standard InChI is InChI=1S/C18H22N2O5/c1-5-10-20-17(22)19-14-11-8-7-9-12(24-6-2)15(11)25-18(20,3)13(14)16(21)23-4/h5,7-9,13-14H,1,6,10H2,2-4H3,(H,19,22)/t13-,14+,18-/m0/s1. The molecule has 25 heavy (non-hydrogen) atoms. The molecule has 2 aliphatic heterocycles. The summed E-state index contributed by atoms with van der Waals surface area (Å²) in [6, 6.07) is 4.56. The monoisotopic (exact) mass is 346 g/mol. The van der Waals surface area contributed by atoms with Crippen molar-refractivity contribution in [1.82, 2.24) is 10.2 Å². The number of carbonyl (C=O) groups is 2. The van der Waals surface area contributed by atoms with Crippen LogP contribution in [0.1, 0.15) is 25.5 Å². The van der Waals surface area contributed by atoms with E-state index in [1.165, 1.54) is 12.0 Å². The highest BCUT2D eigenvalue weighted by Crippen LogP contribution is 2.51. The largest absolute Gasteiger partial charge is 0.490 e. The SMILES string of the molecule is C=CCN1C(=O)N[C@@H]2c3cccc(OCC)c3O[C@@]1(C)[C@@H]2C(=O)OC. The highest BCUT2D eigenvalue weighted by Gasteiger charge is 2.60. The van der Waals surface area contributed by atoms with Crippen molar-refractivity contribution in [3.05, 3.63) is 36.4 Å². The number of amides is 2. The van der Waals surface area contributed by atoms with Gasteiger partial charge in [-0.3, -0.25) is 9.69 Å². The number of para-hydroxylation sites is 1. The minimum absolute atomic E-state index is 0.231. The van der Waals surface area contributed by atoms with Crippen LogP contribution in [-0.4, -0.2) is 42.9 Å². The first-order valence-electron chi connectivity index (χ1n) is 8.19. The molecule has 0 radical (unpaired) electrons. The van der Waals surface area contributed by atoms with Crippen LogP contribution < -0.4 is 14.8 Å². The molecule has 0 aromatic heterocycles. The van der Waals surface area contributed by atoms with E-state index in [0.29, 0.717) is 23.7 Å². The van der Waals surface area contributed by atoms with E-state index in [0.717, 1.165) is 0 Å². The quantitative estimate of drug-likeness (QED) is 0.653. The molecule has 134 valence electrons. The topological polar surface area (TPSA) is 77.1 Å². The Hall–Kier alpha value is -2.70. The Bertz CT molecular complexity index is 719. The second-order valence-electron chi connectivity index (χ2n) is 6.09. The summed E-state index contributed by atoms with van der Waals surface area (Å²) in [6.45, 7) is 8.00. The van der Waals surface area contributed by atoms with Crippen molar-refractivity contribution < 1.29 is 23.8 Å². The van der Waals surface area contributed by atoms with Crippen molar-refractivity contribution in [3.63, 3.8) is 0 Å². The molecule has 2 heterocycles. The van der Waals surface area contributed by atoms with Gasteiger partial charge in [-0.15, -0.1) is 6.58 Å². The fourth-order valence-electron chi connectivity index (χ4n) is 3.59. The zero-order valence-corrected chi connectivity index (χ0v) is 14.6. The van der Waals surface area contributed by atoms with Crippen LogP contribution in [0.15, 0.2) is 30.9 Å². The number of rotatable bonds is 5. The number of esters is 1. The molecule has 2 amide bonds. The van der Waals surface area contributed by atoms with Crippen molar-refractivity contribution in [1.29, 1.82) is 0 Å². The highest BCUT2D eigenvalue weighted by molar-refractivity contribution is 5.84. The van der Waals surface area contributed by atoms with Crippen LogP contribution in [0.4, 0.5) is 4.79 Å². The zero-order valence-electron chi connectivity index (χ0n) is 14.6. The molecule has 2 aliphatic rings. The van der Waals surface area contributed by atoms with Gasteiger partial charge in [-0.1, -0.05) is 18.2 Å². The number of urea groups is 1. The van der Waals surface area contributed by atoms with Crippen molar-refractivity contribution in [2.75, 3.05) is 20.3 Å². The summed E-state index contributed by atoms with van der Waals surface area (Å²) in [7, 11) is 1.33. The summed E-state index contributed by atoms with van der Waals surface area (Å²) in [5.41, 5.74) is -0.514. The maximum atomic E-state index is 12.6. The Labute approximate surface area is 146 Å². The smallest absolute Gasteiger partial charge is 0.321 e. The molecule has 1 fully saturated rings. The van der Waals surface area contributed by atoms with Crippen molar-refractivity contribution >= 4 is 12.0 Å². The summed E-state index contributed by atoms with van der Waals surface area (Å²) in [5.74, 6) is -0.0612. The Kier molecular flexibility index (Phi) is 4.32. The van der Waals surface area contributed by atoms with Crippen molar-refractivity contribution in [3.8, 4) is 11.5 Å².